The van der Waals surface area contributed by atoms with E-state index in [-0.39, 0.29) is 0 Å². The lowest BCUT2D eigenvalue weighted by Crippen LogP contribution is -2.32. The van der Waals surface area contributed by atoms with Crippen LogP contribution in [0.2, 0.25) is 0 Å². The van der Waals surface area contributed by atoms with Gasteiger partial charge in [0.1, 0.15) is 0 Å². The van der Waals surface area contributed by atoms with Crippen LogP contribution in [-0.2, 0) is 11.3 Å². The van der Waals surface area contributed by atoms with Gasteiger partial charge in [0.2, 0.25) is 0 Å². The lowest BCUT2D eigenvalue weighted by atomic mass is 9.96. The number of benzene rings is 1. The average molecular weight is 231 g/mol. The number of hydrogen-bond acceptors (Lipinski definition) is 2. The van der Waals surface area contributed by atoms with E-state index in [4.69, 9.17) is 4.74 Å². The van der Waals surface area contributed by atoms with Crippen molar-refractivity contribution in [3.63, 3.8) is 0 Å². The van der Waals surface area contributed by atoms with Gasteiger partial charge in [-0.05, 0) is 43.5 Å². The fraction of sp³-hybridized carbons (Fsp3) is 0.467. The summed E-state index contributed by atoms with van der Waals surface area (Å²) in [6, 6.07) is 10.7. The van der Waals surface area contributed by atoms with E-state index in [2.05, 4.69) is 41.3 Å². The fourth-order valence-corrected chi connectivity index (χ4v) is 2.33. The van der Waals surface area contributed by atoms with Crippen LogP contribution >= 0.6 is 0 Å². The Labute approximate surface area is 104 Å². The van der Waals surface area contributed by atoms with E-state index in [0.29, 0.717) is 5.92 Å². The second-order valence-corrected chi connectivity index (χ2v) is 4.66. The summed E-state index contributed by atoms with van der Waals surface area (Å²) in [4.78, 5) is 2.53. The van der Waals surface area contributed by atoms with Crippen LogP contribution in [0.5, 0.6) is 0 Å². The minimum absolute atomic E-state index is 0.696. The van der Waals surface area contributed by atoms with Crippen molar-refractivity contribution >= 4 is 0 Å². The van der Waals surface area contributed by atoms with Crippen LogP contribution in [0, 0.1) is 5.92 Å². The molecule has 0 spiro atoms. The first-order chi connectivity index (χ1) is 8.38. The highest BCUT2D eigenvalue weighted by Gasteiger charge is 2.16. The Morgan fingerprint density at radius 1 is 1.24 bits per heavy atom. The van der Waals surface area contributed by atoms with Gasteiger partial charge in [0.25, 0.3) is 0 Å². The van der Waals surface area contributed by atoms with Gasteiger partial charge in [0.05, 0.1) is 13.4 Å². The van der Waals surface area contributed by atoms with Gasteiger partial charge >= 0.3 is 0 Å². The molecule has 1 aromatic rings. The van der Waals surface area contributed by atoms with Crippen molar-refractivity contribution in [3.8, 4) is 0 Å². The molecule has 1 aliphatic heterocycles. The number of piperidine rings is 1. The summed E-state index contributed by atoms with van der Waals surface area (Å²) in [7, 11) is 1.71. The van der Waals surface area contributed by atoms with E-state index < -0.39 is 0 Å². The summed E-state index contributed by atoms with van der Waals surface area (Å²) in [6.45, 7) is 3.46. The van der Waals surface area contributed by atoms with Crippen molar-refractivity contribution in [2.75, 3.05) is 20.2 Å². The molecule has 0 amide bonds. The zero-order valence-corrected chi connectivity index (χ0v) is 10.5. The van der Waals surface area contributed by atoms with E-state index in [1.165, 1.54) is 31.5 Å². The van der Waals surface area contributed by atoms with Crippen molar-refractivity contribution < 1.29 is 4.74 Å². The van der Waals surface area contributed by atoms with Gasteiger partial charge in [0, 0.05) is 6.54 Å². The first kappa shape index (κ1) is 12.2. The lowest BCUT2D eigenvalue weighted by Gasteiger charge is -2.30. The number of nitrogens with zero attached hydrogens (tertiary/aromatic N) is 1. The summed E-state index contributed by atoms with van der Waals surface area (Å²) in [5.41, 5.74) is 1.42. The molecule has 92 valence electrons. The van der Waals surface area contributed by atoms with Crippen LogP contribution in [0.15, 0.2) is 42.7 Å². The maximum absolute atomic E-state index is 4.97. The maximum atomic E-state index is 4.97. The molecule has 0 unspecified atom stereocenters. The molecule has 17 heavy (non-hydrogen) atoms. The molecule has 0 saturated carbocycles. The third-order valence-corrected chi connectivity index (χ3v) is 3.37. The highest BCUT2D eigenvalue weighted by atomic mass is 16.5. The van der Waals surface area contributed by atoms with Crippen molar-refractivity contribution in [1.82, 2.24) is 4.90 Å². The van der Waals surface area contributed by atoms with Gasteiger partial charge in [-0.3, -0.25) is 4.90 Å². The molecule has 0 aromatic heterocycles. The number of allylic oxidation sites excluding steroid dienone is 1. The van der Waals surface area contributed by atoms with Crippen LogP contribution in [0.1, 0.15) is 18.4 Å². The van der Waals surface area contributed by atoms with Gasteiger partial charge in [-0.25, -0.2) is 0 Å². The summed E-state index contributed by atoms with van der Waals surface area (Å²) >= 11 is 0. The van der Waals surface area contributed by atoms with Crippen LogP contribution in [0.25, 0.3) is 0 Å². The Morgan fingerprint density at radius 2 is 1.94 bits per heavy atom. The number of rotatable bonds is 4. The van der Waals surface area contributed by atoms with Gasteiger partial charge < -0.3 is 4.74 Å². The molecule has 2 nitrogen and oxygen atoms in total. The minimum Gasteiger partial charge on any atom is -0.505 e. The third kappa shape index (κ3) is 3.90. The summed E-state index contributed by atoms with van der Waals surface area (Å²) in [6.07, 6.45) is 6.50. The molecule has 2 rings (SSSR count). The van der Waals surface area contributed by atoms with Crippen LogP contribution in [-0.4, -0.2) is 25.1 Å². The molecule has 1 heterocycles. The monoisotopic (exact) mass is 231 g/mol. The number of ether oxygens (including phenoxy) is 1. The Hall–Kier alpha value is -1.28. The molecule has 0 bridgehead atoms. The molecule has 0 atom stereocenters. The highest BCUT2D eigenvalue weighted by molar-refractivity contribution is 5.14. The van der Waals surface area contributed by atoms with E-state index >= 15 is 0 Å². The Balaban J connectivity index is 1.78. The lowest BCUT2D eigenvalue weighted by molar-refractivity contribution is 0.194. The summed E-state index contributed by atoms with van der Waals surface area (Å²) in [5, 5.41) is 0. The minimum atomic E-state index is 0.696. The molecule has 1 aromatic carbocycles. The molecule has 1 fully saturated rings. The molecule has 0 aliphatic carbocycles. The number of likely N-dealkylation sites (tertiary alicyclic amines) is 1. The molecule has 0 N–H and O–H groups in total. The predicted molar refractivity (Wildman–Crippen MR) is 70.6 cm³/mol. The Kier molecular flexibility index (Phi) is 4.63. The van der Waals surface area contributed by atoms with E-state index in [0.717, 1.165) is 6.54 Å². The molecular formula is C15H21NO. The van der Waals surface area contributed by atoms with Gasteiger partial charge in [-0.15, -0.1) is 0 Å². The molecular weight excluding hydrogens is 210 g/mol. The number of hydrogen-bond donors (Lipinski definition) is 0. The van der Waals surface area contributed by atoms with Crippen molar-refractivity contribution in [2.45, 2.75) is 19.4 Å². The van der Waals surface area contributed by atoms with Gasteiger partial charge in [0.15, 0.2) is 0 Å². The highest BCUT2D eigenvalue weighted by Crippen LogP contribution is 2.19. The maximum Gasteiger partial charge on any atom is 0.0787 e. The van der Waals surface area contributed by atoms with E-state index in [1.807, 2.05) is 6.26 Å². The first-order valence-corrected chi connectivity index (χ1v) is 6.34. The largest absolute Gasteiger partial charge is 0.505 e. The molecule has 1 saturated heterocycles. The third-order valence-electron chi connectivity index (χ3n) is 3.37. The Morgan fingerprint density at radius 3 is 2.59 bits per heavy atom. The topological polar surface area (TPSA) is 12.5 Å². The smallest absolute Gasteiger partial charge is 0.0787 e. The average Bonchev–Trinajstić information content (AvgIpc) is 2.39. The summed E-state index contributed by atoms with van der Waals surface area (Å²) in [5.74, 6) is 0.696. The van der Waals surface area contributed by atoms with E-state index in [1.54, 1.807) is 7.11 Å². The zero-order valence-electron chi connectivity index (χ0n) is 10.5. The quantitative estimate of drug-likeness (QED) is 0.738. The second-order valence-electron chi connectivity index (χ2n) is 4.66. The standard InChI is InChI=1S/C15H21NO/c1-17-12-9-14-7-10-16(11-8-14)13-15-5-3-2-4-6-15/h2-6,9,12,14H,7-8,10-11,13H2,1H3/b12-9-. The molecule has 1 aliphatic rings. The SMILES string of the molecule is CO/C=C\C1CCN(Cc2ccccc2)CC1. The molecule has 2 heteroatoms. The number of methoxy groups -OCH3 is 1. The van der Waals surface area contributed by atoms with Crippen LogP contribution in [0.3, 0.4) is 0 Å². The first-order valence-electron chi connectivity index (χ1n) is 6.34. The Bertz CT molecular complexity index is 339. The van der Waals surface area contributed by atoms with Crippen molar-refractivity contribution in [3.05, 3.63) is 48.2 Å². The van der Waals surface area contributed by atoms with Crippen molar-refractivity contribution in [2.24, 2.45) is 5.92 Å². The van der Waals surface area contributed by atoms with Gasteiger partial charge in [-0.1, -0.05) is 30.3 Å². The van der Waals surface area contributed by atoms with Crippen LogP contribution in [0.4, 0.5) is 0 Å². The fourth-order valence-electron chi connectivity index (χ4n) is 2.33. The predicted octanol–water partition coefficient (Wildman–Crippen LogP) is 3.06. The normalized spacial score (nSPS) is 18.6. The molecule has 0 radical (unpaired) electrons. The van der Waals surface area contributed by atoms with Crippen LogP contribution < -0.4 is 0 Å². The zero-order chi connectivity index (χ0) is 11.9. The van der Waals surface area contributed by atoms with E-state index in [9.17, 15) is 0 Å². The second kappa shape index (κ2) is 6.45. The van der Waals surface area contributed by atoms with Gasteiger partial charge in [-0.2, -0.15) is 0 Å². The summed E-state index contributed by atoms with van der Waals surface area (Å²) < 4.78 is 4.97. The van der Waals surface area contributed by atoms with Crippen molar-refractivity contribution in [1.29, 1.82) is 0 Å².